The maximum Gasteiger partial charge on any atom is 0.0853 e. The molecule has 0 heterocycles. The van der Waals surface area contributed by atoms with Gasteiger partial charge >= 0.3 is 0 Å². The Bertz CT molecular complexity index is 166. The first kappa shape index (κ1) is 10.7. The van der Waals surface area contributed by atoms with Crippen LogP contribution in [0.15, 0.2) is 10.2 Å². The molecule has 0 amide bonds. The molecule has 11 heavy (non-hydrogen) atoms. The molecule has 0 fully saturated rings. The summed E-state index contributed by atoms with van der Waals surface area (Å²) in [5.74, 6) is 0. The first-order valence-corrected chi connectivity index (χ1v) is 4.24. The zero-order chi connectivity index (χ0) is 8.85. The van der Waals surface area contributed by atoms with Gasteiger partial charge in [0.15, 0.2) is 0 Å². The summed E-state index contributed by atoms with van der Waals surface area (Å²) in [6, 6.07) is 0. The van der Waals surface area contributed by atoms with Crippen LogP contribution in [0.3, 0.4) is 0 Å². The van der Waals surface area contributed by atoms with E-state index in [9.17, 15) is 0 Å². The molecule has 1 unspecified atom stereocenters. The van der Waals surface area contributed by atoms with Gasteiger partial charge in [-0.25, -0.2) is 0 Å². The Morgan fingerprint density at radius 2 is 2.36 bits per heavy atom. The molecule has 0 aliphatic carbocycles. The minimum atomic E-state index is -0.610. The lowest BCUT2D eigenvalue weighted by atomic mass is 10.2. The molecule has 0 aromatic heterocycles. The van der Waals surface area contributed by atoms with Crippen molar-refractivity contribution in [2.45, 2.75) is 20.0 Å². The Hall–Kier alpha value is -0.350. The first-order chi connectivity index (χ1) is 5.13. The van der Waals surface area contributed by atoms with E-state index in [1.54, 1.807) is 6.92 Å². The van der Waals surface area contributed by atoms with Gasteiger partial charge in [0.1, 0.15) is 0 Å². The van der Waals surface area contributed by atoms with Crippen molar-refractivity contribution in [2.75, 3.05) is 6.54 Å². The fourth-order valence-corrected chi connectivity index (χ4v) is 1.35. The van der Waals surface area contributed by atoms with Crippen LogP contribution in [0.1, 0.15) is 13.8 Å². The highest BCUT2D eigenvalue weighted by molar-refractivity contribution is 9.11. The van der Waals surface area contributed by atoms with E-state index in [4.69, 9.17) is 10.5 Å². The summed E-state index contributed by atoms with van der Waals surface area (Å²) in [7, 11) is 0. The third kappa shape index (κ3) is 3.53. The number of rotatable bonds is 4. The van der Waals surface area contributed by atoms with Crippen molar-refractivity contribution >= 4 is 22.1 Å². The molecule has 4 heteroatoms. The third-order valence-corrected chi connectivity index (χ3v) is 1.93. The normalized spacial score (nSPS) is 15.3. The van der Waals surface area contributed by atoms with Crippen LogP contribution in [0.5, 0.6) is 0 Å². The minimum absolute atomic E-state index is 0.562. The predicted molar refractivity (Wildman–Crippen MR) is 50.1 cm³/mol. The van der Waals surface area contributed by atoms with Gasteiger partial charge in [-0.2, -0.15) is 0 Å². The molecule has 0 radical (unpaired) electrons. The summed E-state index contributed by atoms with van der Waals surface area (Å²) in [4.78, 5) is 0. The molecule has 0 saturated carbocycles. The summed E-state index contributed by atoms with van der Waals surface area (Å²) in [5.41, 5.74) is 0.562. The van der Waals surface area contributed by atoms with Gasteiger partial charge in [-0.3, -0.25) is 0 Å². The molecule has 0 aliphatic rings. The lowest BCUT2D eigenvalue weighted by Gasteiger charge is -2.09. The van der Waals surface area contributed by atoms with Gasteiger partial charge in [-0.1, -0.05) is 0 Å². The summed E-state index contributed by atoms with van der Waals surface area (Å²) < 4.78 is 0.685. The van der Waals surface area contributed by atoms with Gasteiger partial charge in [0.05, 0.1) is 10.7 Å². The Morgan fingerprint density at radius 1 is 1.82 bits per heavy atom. The second-order valence-corrected chi connectivity index (χ2v) is 2.91. The molecule has 0 bridgehead atoms. The maximum atomic E-state index is 9.13. The van der Waals surface area contributed by atoms with Crippen molar-refractivity contribution in [1.82, 2.24) is 5.32 Å². The van der Waals surface area contributed by atoms with Gasteiger partial charge in [0, 0.05) is 18.3 Å². The Labute approximate surface area is 75.1 Å². The van der Waals surface area contributed by atoms with E-state index >= 15 is 0 Å². The first-order valence-electron chi connectivity index (χ1n) is 3.45. The van der Waals surface area contributed by atoms with Crippen molar-refractivity contribution in [3.63, 3.8) is 0 Å². The average Bonchev–Trinajstić information content (AvgIpc) is 1.88. The molecule has 0 rings (SSSR count). The molecule has 3 nitrogen and oxygen atoms in total. The van der Waals surface area contributed by atoms with Crippen LogP contribution >= 0.6 is 15.9 Å². The van der Waals surface area contributed by atoms with Crippen molar-refractivity contribution in [1.29, 1.82) is 5.41 Å². The SMILES string of the molecule is CCN/C(Br)=C(\C=N)C(C)O. The van der Waals surface area contributed by atoms with Gasteiger partial charge in [-0.15, -0.1) is 0 Å². The Balaban J connectivity index is 4.39. The summed E-state index contributed by atoms with van der Waals surface area (Å²) in [6.45, 7) is 4.34. The fourth-order valence-electron chi connectivity index (χ4n) is 0.625. The number of nitrogens with one attached hydrogen (secondary N) is 2. The van der Waals surface area contributed by atoms with Crippen molar-refractivity contribution < 1.29 is 5.11 Å². The fraction of sp³-hybridized carbons (Fsp3) is 0.571. The lowest BCUT2D eigenvalue weighted by molar-refractivity contribution is 0.237. The average molecular weight is 221 g/mol. The zero-order valence-corrected chi connectivity index (χ0v) is 8.27. The minimum Gasteiger partial charge on any atom is -0.389 e. The molecule has 0 saturated heterocycles. The highest BCUT2D eigenvalue weighted by Crippen LogP contribution is 2.10. The van der Waals surface area contributed by atoms with Crippen LogP contribution in [0.25, 0.3) is 0 Å². The Morgan fingerprint density at radius 3 is 2.64 bits per heavy atom. The van der Waals surface area contributed by atoms with Crippen LogP contribution in [0.2, 0.25) is 0 Å². The smallest absolute Gasteiger partial charge is 0.0853 e. The number of hydrogen-bond donors (Lipinski definition) is 3. The maximum absolute atomic E-state index is 9.13. The molecule has 0 aliphatic heterocycles. The molecular formula is C7H13BrN2O. The topological polar surface area (TPSA) is 56.1 Å². The second kappa shape index (κ2) is 5.32. The molecule has 0 aromatic carbocycles. The van der Waals surface area contributed by atoms with Gasteiger partial charge in [0.2, 0.25) is 0 Å². The highest BCUT2D eigenvalue weighted by atomic mass is 79.9. The molecule has 0 aromatic rings. The molecule has 3 N–H and O–H groups in total. The number of halogens is 1. The van der Waals surface area contributed by atoms with E-state index in [-0.39, 0.29) is 0 Å². The van der Waals surface area contributed by atoms with Crippen LogP contribution in [0.4, 0.5) is 0 Å². The quantitative estimate of drug-likeness (QED) is 0.494. The van der Waals surface area contributed by atoms with E-state index in [0.717, 1.165) is 12.8 Å². The van der Waals surface area contributed by atoms with Crippen molar-refractivity contribution in [3.8, 4) is 0 Å². The van der Waals surface area contributed by atoms with E-state index in [2.05, 4.69) is 21.2 Å². The molecular weight excluding hydrogens is 208 g/mol. The molecule has 64 valence electrons. The molecule has 0 spiro atoms. The monoisotopic (exact) mass is 220 g/mol. The summed E-state index contributed by atoms with van der Waals surface area (Å²) >= 11 is 3.22. The Kier molecular flexibility index (Phi) is 5.15. The lowest BCUT2D eigenvalue weighted by Crippen LogP contribution is -2.16. The third-order valence-electron chi connectivity index (χ3n) is 1.19. The number of hydrogen-bond acceptors (Lipinski definition) is 3. The van der Waals surface area contributed by atoms with Crippen molar-refractivity contribution in [3.05, 3.63) is 10.2 Å². The van der Waals surface area contributed by atoms with Crippen LogP contribution < -0.4 is 5.32 Å². The van der Waals surface area contributed by atoms with E-state index in [0.29, 0.717) is 10.2 Å². The van der Waals surface area contributed by atoms with E-state index in [1.165, 1.54) is 0 Å². The van der Waals surface area contributed by atoms with Crippen molar-refractivity contribution in [2.24, 2.45) is 0 Å². The zero-order valence-electron chi connectivity index (χ0n) is 6.69. The summed E-state index contributed by atoms with van der Waals surface area (Å²) in [6.07, 6.45) is 0.526. The van der Waals surface area contributed by atoms with Gasteiger partial charge in [0.25, 0.3) is 0 Å². The van der Waals surface area contributed by atoms with Gasteiger partial charge in [-0.05, 0) is 29.8 Å². The molecule has 1 atom stereocenters. The van der Waals surface area contributed by atoms with E-state index in [1.807, 2.05) is 6.92 Å². The highest BCUT2D eigenvalue weighted by Gasteiger charge is 2.05. The standard InChI is InChI=1S/C7H13BrN2O/c1-3-10-7(8)6(4-9)5(2)11/h4-5,9-11H,3H2,1-2H3/b7-6+,9-4?. The summed E-state index contributed by atoms with van der Waals surface area (Å²) in [5, 5.41) is 19.1. The predicted octanol–water partition coefficient (Wildman–Crippen LogP) is 1.23. The van der Waals surface area contributed by atoms with Crippen LogP contribution in [0, 0.1) is 5.41 Å². The second-order valence-electron chi connectivity index (χ2n) is 2.12. The van der Waals surface area contributed by atoms with Crippen LogP contribution in [-0.2, 0) is 0 Å². The van der Waals surface area contributed by atoms with Crippen LogP contribution in [-0.4, -0.2) is 24.0 Å². The number of aliphatic hydroxyl groups is 1. The van der Waals surface area contributed by atoms with Gasteiger partial charge < -0.3 is 15.8 Å². The largest absolute Gasteiger partial charge is 0.389 e. The van der Waals surface area contributed by atoms with E-state index < -0.39 is 6.10 Å². The number of aliphatic hydroxyl groups excluding tert-OH is 1.